The number of hydrogen-bond acceptors (Lipinski definition) is 9. The normalized spacial score (nSPS) is 17.1. The van der Waals surface area contributed by atoms with Crippen LogP contribution in [0.2, 0.25) is 0 Å². The lowest BCUT2D eigenvalue weighted by molar-refractivity contribution is 0.170. The third-order valence-corrected chi connectivity index (χ3v) is 7.40. The number of benzene rings is 3. The predicted octanol–water partition coefficient (Wildman–Crippen LogP) is 5.48. The summed E-state index contributed by atoms with van der Waals surface area (Å²) >= 11 is 0. The number of nitrogens with one attached hydrogen (secondary N) is 4. The zero-order valence-electron chi connectivity index (χ0n) is 22.4. The molecule has 1 fully saturated rings. The lowest BCUT2D eigenvalue weighted by atomic mass is 9.80. The van der Waals surface area contributed by atoms with E-state index in [1.807, 2.05) is 36.4 Å². The minimum absolute atomic E-state index is 0.0427. The lowest BCUT2D eigenvalue weighted by Crippen LogP contribution is -2.60. The fourth-order valence-corrected chi connectivity index (χ4v) is 5.92. The molecule has 0 aliphatic carbocycles. The largest absolute Gasteiger partial charge is 0.351 e. The Morgan fingerprint density at radius 1 is 0.769 bits per heavy atom. The van der Waals surface area contributed by atoms with E-state index in [0.29, 0.717) is 28.9 Å². The molecule has 0 amide bonds. The van der Waals surface area contributed by atoms with Crippen LogP contribution in [0.15, 0.2) is 71.6 Å². The summed E-state index contributed by atoms with van der Waals surface area (Å²) in [5, 5.41) is 15.2. The van der Waals surface area contributed by atoms with Crippen LogP contribution in [0.25, 0.3) is 10.8 Å². The first-order chi connectivity index (χ1) is 18.3. The van der Waals surface area contributed by atoms with Gasteiger partial charge in [0.15, 0.2) is 0 Å². The van der Waals surface area contributed by atoms with Crippen LogP contribution in [0.5, 0.6) is 0 Å². The third kappa shape index (κ3) is 6.80. The van der Waals surface area contributed by atoms with Crippen molar-refractivity contribution in [2.45, 2.75) is 62.6 Å². The summed E-state index contributed by atoms with van der Waals surface area (Å²) < 4.78 is 32.4. The molecule has 0 bridgehead atoms. The SMILES string of the molecule is CC1(C)CC(Nc2nc(Nc3ccccc3)nc(Nc3ccc4cc(S(=O)(=O)O)ccc4c3)n2)CC(C)(C)N1. The number of nitrogens with zero attached hydrogens (tertiary/aromatic N) is 3. The number of fused-ring (bicyclic) bond motifs is 1. The van der Waals surface area contributed by atoms with E-state index in [1.54, 1.807) is 18.2 Å². The molecule has 0 atom stereocenters. The smallest absolute Gasteiger partial charge is 0.294 e. The monoisotopic (exact) mass is 547 g/mol. The second-order valence-corrected chi connectivity index (χ2v) is 12.7. The maximum Gasteiger partial charge on any atom is 0.294 e. The zero-order chi connectivity index (χ0) is 27.8. The summed E-state index contributed by atoms with van der Waals surface area (Å²) in [7, 11) is -4.28. The molecule has 1 aromatic heterocycles. The first-order valence-corrected chi connectivity index (χ1v) is 14.2. The van der Waals surface area contributed by atoms with Gasteiger partial charge in [-0.05, 0) is 87.7 Å². The molecule has 0 radical (unpaired) electrons. The summed E-state index contributed by atoms with van der Waals surface area (Å²) in [5.74, 6) is 1.21. The first kappa shape index (κ1) is 26.8. The Labute approximate surface area is 228 Å². The molecular formula is C28H33N7O3S. The van der Waals surface area contributed by atoms with Crippen LogP contribution in [0.3, 0.4) is 0 Å². The van der Waals surface area contributed by atoms with Gasteiger partial charge in [0, 0.05) is 28.5 Å². The van der Waals surface area contributed by atoms with Gasteiger partial charge in [0.2, 0.25) is 17.8 Å². The zero-order valence-corrected chi connectivity index (χ0v) is 23.2. The van der Waals surface area contributed by atoms with E-state index >= 15 is 0 Å². The van der Waals surface area contributed by atoms with Crippen LogP contribution in [-0.4, -0.2) is 45.0 Å². The molecule has 0 unspecified atom stereocenters. The molecular weight excluding hydrogens is 514 g/mol. The highest BCUT2D eigenvalue weighted by Gasteiger charge is 2.38. The van der Waals surface area contributed by atoms with E-state index in [2.05, 4.69) is 63.9 Å². The van der Waals surface area contributed by atoms with Gasteiger partial charge in [-0.25, -0.2) is 0 Å². The Hall–Kier alpha value is -3.80. The fourth-order valence-electron chi connectivity index (χ4n) is 5.40. The van der Waals surface area contributed by atoms with E-state index in [1.165, 1.54) is 12.1 Å². The van der Waals surface area contributed by atoms with Gasteiger partial charge in [0.05, 0.1) is 4.90 Å². The molecule has 10 nitrogen and oxygen atoms in total. The van der Waals surface area contributed by atoms with Crippen molar-refractivity contribution >= 4 is 50.1 Å². The van der Waals surface area contributed by atoms with Crippen molar-refractivity contribution in [2.24, 2.45) is 0 Å². The Bertz CT molecular complexity index is 1590. The lowest BCUT2D eigenvalue weighted by Gasteiger charge is -2.46. The highest BCUT2D eigenvalue weighted by Crippen LogP contribution is 2.31. The Kier molecular flexibility index (Phi) is 6.91. The van der Waals surface area contributed by atoms with E-state index in [4.69, 9.17) is 0 Å². The number of aromatic nitrogens is 3. The number of rotatable bonds is 7. The van der Waals surface area contributed by atoms with Gasteiger partial charge in [-0.1, -0.05) is 30.3 Å². The van der Waals surface area contributed by atoms with E-state index in [-0.39, 0.29) is 22.0 Å². The van der Waals surface area contributed by atoms with Gasteiger partial charge >= 0.3 is 0 Å². The van der Waals surface area contributed by atoms with Gasteiger partial charge in [-0.2, -0.15) is 23.4 Å². The second kappa shape index (κ2) is 10.1. The summed E-state index contributed by atoms with van der Waals surface area (Å²) in [6, 6.07) is 19.7. The van der Waals surface area contributed by atoms with Gasteiger partial charge in [0.25, 0.3) is 10.1 Å². The minimum Gasteiger partial charge on any atom is -0.351 e. The first-order valence-electron chi connectivity index (χ1n) is 12.8. The molecule has 4 aromatic rings. The molecule has 39 heavy (non-hydrogen) atoms. The van der Waals surface area contributed by atoms with Crippen LogP contribution in [0, 0.1) is 0 Å². The molecule has 204 valence electrons. The number of para-hydroxylation sites is 1. The van der Waals surface area contributed by atoms with Gasteiger partial charge in [0.1, 0.15) is 0 Å². The number of anilines is 5. The maximum absolute atomic E-state index is 11.5. The van der Waals surface area contributed by atoms with Crippen molar-refractivity contribution < 1.29 is 13.0 Å². The molecule has 1 saturated heterocycles. The number of piperidine rings is 1. The number of hydrogen-bond donors (Lipinski definition) is 5. The van der Waals surface area contributed by atoms with Crippen LogP contribution < -0.4 is 21.3 Å². The second-order valence-electron chi connectivity index (χ2n) is 11.3. The third-order valence-electron chi connectivity index (χ3n) is 6.55. The summed E-state index contributed by atoms with van der Waals surface area (Å²) in [4.78, 5) is 13.8. The molecule has 5 N–H and O–H groups in total. The van der Waals surface area contributed by atoms with Gasteiger partial charge < -0.3 is 21.3 Å². The Morgan fingerprint density at radius 2 is 1.33 bits per heavy atom. The molecule has 5 rings (SSSR count). The van der Waals surface area contributed by atoms with Crippen molar-refractivity contribution in [1.29, 1.82) is 0 Å². The molecule has 1 aliphatic heterocycles. The highest BCUT2D eigenvalue weighted by molar-refractivity contribution is 7.85. The van der Waals surface area contributed by atoms with Crippen molar-refractivity contribution in [3.05, 3.63) is 66.7 Å². The average Bonchev–Trinajstić information content (AvgIpc) is 2.81. The maximum atomic E-state index is 11.5. The summed E-state index contributed by atoms with van der Waals surface area (Å²) in [5.41, 5.74) is 1.48. The summed E-state index contributed by atoms with van der Waals surface area (Å²) in [6.45, 7) is 8.79. The quantitative estimate of drug-likeness (QED) is 0.189. The minimum atomic E-state index is -4.28. The van der Waals surface area contributed by atoms with Crippen LogP contribution in [0.4, 0.5) is 29.2 Å². The molecule has 1 aliphatic rings. The predicted molar refractivity (Wildman–Crippen MR) is 155 cm³/mol. The van der Waals surface area contributed by atoms with Crippen molar-refractivity contribution in [3.63, 3.8) is 0 Å². The van der Waals surface area contributed by atoms with Gasteiger partial charge in [-0.15, -0.1) is 0 Å². The average molecular weight is 548 g/mol. The topological polar surface area (TPSA) is 141 Å². The van der Waals surface area contributed by atoms with Gasteiger partial charge in [-0.3, -0.25) is 4.55 Å². The molecule has 11 heteroatoms. The van der Waals surface area contributed by atoms with E-state index < -0.39 is 10.1 Å². The fraction of sp³-hybridized carbons (Fsp3) is 0.321. The molecule has 0 saturated carbocycles. The molecule has 2 heterocycles. The van der Waals surface area contributed by atoms with Crippen molar-refractivity contribution in [3.8, 4) is 0 Å². The Balaban J connectivity index is 1.45. The molecule has 3 aromatic carbocycles. The van der Waals surface area contributed by atoms with Crippen molar-refractivity contribution in [1.82, 2.24) is 20.3 Å². The van der Waals surface area contributed by atoms with Crippen molar-refractivity contribution in [2.75, 3.05) is 16.0 Å². The Morgan fingerprint density at radius 3 is 1.97 bits per heavy atom. The summed E-state index contributed by atoms with van der Waals surface area (Å²) in [6.07, 6.45) is 1.81. The van der Waals surface area contributed by atoms with E-state index in [0.717, 1.165) is 23.9 Å². The highest BCUT2D eigenvalue weighted by atomic mass is 32.2. The van der Waals surface area contributed by atoms with Crippen LogP contribution in [-0.2, 0) is 10.1 Å². The van der Waals surface area contributed by atoms with Crippen LogP contribution >= 0.6 is 0 Å². The molecule has 0 spiro atoms. The standard InChI is InChI=1S/C28H33N7O3S/c1-27(2)16-22(17-28(3,4)35-27)31-26-33-24(29-20-8-6-5-7-9-20)32-25(34-26)30-21-12-10-19-15-23(39(36,37)38)13-11-18(19)14-21/h5-15,22,35H,16-17H2,1-4H3,(H,36,37,38)(H3,29,30,31,32,33,34). The van der Waals surface area contributed by atoms with Crippen LogP contribution in [0.1, 0.15) is 40.5 Å². The van der Waals surface area contributed by atoms with E-state index in [9.17, 15) is 13.0 Å².